The van der Waals surface area contributed by atoms with Crippen molar-refractivity contribution in [3.05, 3.63) is 22.0 Å². The van der Waals surface area contributed by atoms with E-state index in [2.05, 4.69) is 46.1 Å². The summed E-state index contributed by atoms with van der Waals surface area (Å²) >= 11 is 0. The Morgan fingerprint density at radius 2 is 1.62 bits per heavy atom. The second-order valence-corrected chi connectivity index (χ2v) is 20.2. The van der Waals surface area contributed by atoms with Crippen LogP contribution in [0.25, 0.3) is 0 Å². The number of hydrogen-bond donors (Lipinski definition) is 0. The molecule has 13 heavy (non-hydrogen) atoms. The summed E-state index contributed by atoms with van der Waals surface area (Å²) in [5.41, 5.74) is 5.79. The number of allylic oxidation sites excluding steroid dienone is 3. The van der Waals surface area contributed by atoms with Crippen LogP contribution in [0.15, 0.2) is 22.0 Å². The average Bonchev–Trinajstić information content (AvgIpc) is 1.97. The van der Waals surface area contributed by atoms with Crippen LogP contribution in [0.3, 0.4) is 0 Å². The molecule has 1 rings (SSSR count). The molecule has 0 radical (unpaired) electrons. The van der Waals surface area contributed by atoms with Crippen LogP contribution in [0, 0.1) is 0 Å². The van der Waals surface area contributed by atoms with Gasteiger partial charge in [0, 0.05) is 0 Å². The van der Waals surface area contributed by atoms with Crippen LogP contribution in [0.2, 0.25) is 19.6 Å². The van der Waals surface area contributed by atoms with E-state index >= 15 is 0 Å². The Hall–Kier alpha value is 1.55. The van der Waals surface area contributed by atoms with Crippen molar-refractivity contribution < 1.29 is 51.4 Å². The summed E-state index contributed by atoms with van der Waals surface area (Å²) in [5.74, 6) is 0. The maximum Gasteiger partial charge on any atom is 1.00 e. The van der Waals surface area contributed by atoms with Crippen LogP contribution in [0.4, 0.5) is 0 Å². The third kappa shape index (κ3) is 3.00. The fraction of sp³-hybridized carbons (Fsp3) is 0.600. The van der Waals surface area contributed by atoms with Gasteiger partial charge in [0.25, 0.3) is 0 Å². The molecule has 1 atom stereocenters. The van der Waals surface area contributed by atoms with E-state index in [9.17, 15) is 0 Å². The third-order valence-corrected chi connectivity index (χ3v) is 19.4. The van der Waals surface area contributed by atoms with E-state index in [4.69, 9.17) is 0 Å². The van der Waals surface area contributed by atoms with Gasteiger partial charge in [0.15, 0.2) is 0 Å². The molecule has 0 bridgehead atoms. The molecule has 1 heterocycles. The van der Waals surface area contributed by atoms with Crippen molar-refractivity contribution in [1.82, 2.24) is 0 Å². The number of rotatable bonds is 0. The van der Waals surface area contributed by atoms with Crippen molar-refractivity contribution in [3.8, 4) is 0 Å². The first kappa shape index (κ1) is 14.6. The smallest absolute Gasteiger partial charge is 1.00 e. The van der Waals surface area contributed by atoms with Gasteiger partial charge in [-0.1, -0.05) is 0 Å². The Bertz CT molecular complexity index is 264. The minimum atomic E-state index is -1.23. The maximum absolute atomic E-state index is 2.63. The molecule has 0 aromatic carbocycles. The summed E-state index contributed by atoms with van der Waals surface area (Å²) in [4.78, 5) is 0. The zero-order valence-corrected chi connectivity index (χ0v) is 15.7. The van der Waals surface area contributed by atoms with E-state index in [1.165, 1.54) is 0 Å². The van der Waals surface area contributed by atoms with Gasteiger partial charge < -0.3 is 0 Å². The molecule has 0 amide bonds. The van der Waals surface area contributed by atoms with E-state index in [1.807, 2.05) is 0 Å². The molecule has 0 nitrogen and oxygen atoms in total. The normalized spacial score (nSPS) is 29.1. The second kappa shape index (κ2) is 5.05. The maximum atomic E-state index is 2.63. The van der Waals surface area contributed by atoms with Crippen molar-refractivity contribution in [2.24, 2.45) is 0 Å². The van der Waals surface area contributed by atoms with Gasteiger partial charge in [-0.25, -0.2) is 0 Å². The van der Waals surface area contributed by atoms with Crippen molar-refractivity contribution in [2.45, 2.75) is 40.4 Å². The van der Waals surface area contributed by atoms with Crippen molar-refractivity contribution in [3.63, 3.8) is 0 Å². The molecule has 1 aliphatic rings. The van der Waals surface area contributed by atoms with Gasteiger partial charge in [0.2, 0.25) is 0 Å². The molecule has 0 spiro atoms. The van der Waals surface area contributed by atoms with E-state index in [0.717, 1.165) is 0 Å². The topological polar surface area (TPSA) is 0 Å². The fourth-order valence-corrected chi connectivity index (χ4v) is 12.6. The zero-order chi connectivity index (χ0) is 9.52. The first-order chi connectivity index (χ1) is 5.36. The Morgan fingerprint density at radius 1 is 1.15 bits per heavy atom. The molecule has 0 fully saturated rings. The van der Waals surface area contributed by atoms with Gasteiger partial charge >= 0.3 is 130 Å². The van der Waals surface area contributed by atoms with Crippen molar-refractivity contribution in [2.75, 3.05) is 0 Å². The summed E-state index contributed by atoms with van der Waals surface area (Å²) in [6, 6.07) is 0. The molecule has 0 saturated carbocycles. The molecular weight excluding hydrogens is 215 g/mol. The first-order valence-corrected chi connectivity index (χ1v) is 12.4. The standard InChI is InChI=1S/C10H21Si2.K/c1-8-7-12(5,6)11(4)10(3)9(8)2;/h7,11-12H,1-6H3;/q-1;+1. The van der Waals surface area contributed by atoms with Gasteiger partial charge in [-0.3, -0.25) is 0 Å². The molecular formula is C10H21KSi2. The van der Waals surface area contributed by atoms with E-state index in [1.54, 1.807) is 16.3 Å². The minimum absolute atomic E-state index is 0. The molecule has 70 valence electrons. The second-order valence-electron chi connectivity index (χ2n) is 5.05. The Balaban J connectivity index is 0.00000144. The van der Waals surface area contributed by atoms with E-state index in [0.29, 0.717) is 0 Å². The quantitative estimate of drug-likeness (QED) is 0.509. The van der Waals surface area contributed by atoms with E-state index < -0.39 is 15.9 Å². The van der Waals surface area contributed by atoms with Crippen LogP contribution in [0.5, 0.6) is 0 Å². The zero-order valence-electron chi connectivity index (χ0n) is 10.2. The summed E-state index contributed by atoms with van der Waals surface area (Å²) in [6.45, 7) is 14.6. The van der Waals surface area contributed by atoms with Gasteiger partial charge in [-0.05, 0) is 0 Å². The van der Waals surface area contributed by atoms with Gasteiger partial charge in [-0.15, -0.1) is 0 Å². The van der Waals surface area contributed by atoms with Gasteiger partial charge in [0.1, 0.15) is 0 Å². The molecule has 0 saturated heterocycles. The van der Waals surface area contributed by atoms with Crippen molar-refractivity contribution >= 4 is 15.9 Å². The molecule has 0 aromatic heterocycles. The monoisotopic (exact) mass is 236 g/mol. The van der Waals surface area contributed by atoms with Crippen molar-refractivity contribution in [1.29, 1.82) is 0 Å². The first-order valence-electron chi connectivity index (χ1n) is 4.98. The SMILES string of the molecule is CC1=C[SiH-](C)(C)[SiH](C)C(C)=C1C.[K+]. The summed E-state index contributed by atoms with van der Waals surface area (Å²) in [7, 11) is -1.75. The predicted molar refractivity (Wildman–Crippen MR) is 64.0 cm³/mol. The number of hydrogen-bond acceptors (Lipinski definition) is 0. The molecule has 1 aliphatic heterocycles. The Labute approximate surface area is 128 Å². The fourth-order valence-electron chi connectivity index (χ4n) is 2.21. The van der Waals surface area contributed by atoms with Gasteiger partial charge in [0.05, 0.1) is 0 Å². The van der Waals surface area contributed by atoms with E-state index in [-0.39, 0.29) is 51.4 Å². The molecule has 0 aliphatic carbocycles. The average molecular weight is 237 g/mol. The van der Waals surface area contributed by atoms with Crippen LogP contribution in [0.1, 0.15) is 20.8 Å². The van der Waals surface area contributed by atoms with Crippen LogP contribution in [-0.4, -0.2) is 15.9 Å². The molecule has 3 heteroatoms. The summed E-state index contributed by atoms with van der Waals surface area (Å²) < 4.78 is 0. The molecule has 0 aromatic rings. The minimum Gasteiger partial charge on any atom is 1.00 e. The largest absolute Gasteiger partial charge is 1.00 e. The predicted octanol–water partition coefficient (Wildman–Crippen LogP) is -0.259. The Morgan fingerprint density at radius 3 is 2.08 bits per heavy atom. The summed E-state index contributed by atoms with van der Waals surface area (Å²) in [6.07, 6.45) is 0. The molecule has 0 N–H and O–H groups in total. The Kier molecular flexibility index (Phi) is 5.66. The van der Waals surface area contributed by atoms with Crippen LogP contribution in [-0.2, 0) is 0 Å². The van der Waals surface area contributed by atoms with Crippen LogP contribution < -0.4 is 51.4 Å². The summed E-state index contributed by atoms with van der Waals surface area (Å²) in [5, 5.41) is 1.77. The third-order valence-electron chi connectivity index (χ3n) is 3.83. The molecule has 1 unspecified atom stereocenters. The van der Waals surface area contributed by atoms with Gasteiger partial charge in [-0.2, -0.15) is 0 Å². The van der Waals surface area contributed by atoms with Crippen LogP contribution >= 0.6 is 0 Å².